The first-order chi connectivity index (χ1) is 11.3. The molecule has 0 radical (unpaired) electrons. The van der Waals surface area contributed by atoms with E-state index in [0.29, 0.717) is 0 Å². The number of nitrogens with one attached hydrogen (secondary N) is 2. The van der Waals surface area contributed by atoms with Crippen LogP contribution in [0.4, 0.5) is 10.1 Å². The molecule has 0 saturated heterocycles. The Morgan fingerprint density at radius 3 is 2.38 bits per heavy atom. The number of aliphatic hydroxyl groups excluding tert-OH is 1. The molecule has 2 aromatic rings. The van der Waals surface area contributed by atoms with Crippen LogP contribution in [-0.4, -0.2) is 32.1 Å². The summed E-state index contributed by atoms with van der Waals surface area (Å²) >= 11 is 0. The average molecular weight is 352 g/mol. The van der Waals surface area contributed by atoms with Gasteiger partial charge in [0, 0.05) is 11.6 Å². The van der Waals surface area contributed by atoms with Gasteiger partial charge in [-0.1, -0.05) is 12.1 Å². The van der Waals surface area contributed by atoms with Gasteiger partial charge in [0.25, 0.3) is 15.9 Å². The molecule has 1 amide bonds. The van der Waals surface area contributed by atoms with Crippen molar-refractivity contribution < 1.29 is 22.7 Å². The Bertz CT molecular complexity index is 822. The van der Waals surface area contributed by atoms with E-state index < -0.39 is 27.8 Å². The summed E-state index contributed by atoms with van der Waals surface area (Å²) < 4.78 is 40.2. The van der Waals surface area contributed by atoms with E-state index in [-0.39, 0.29) is 22.8 Å². The minimum absolute atomic E-state index is 0.0995. The molecule has 0 aliphatic carbocycles. The number of benzene rings is 2. The number of rotatable bonds is 6. The molecule has 6 nitrogen and oxygen atoms in total. The predicted molar refractivity (Wildman–Crippen MR) is 87.7 cm³/mol. The SMILES string of the molecule is CC(CO)NC(=O)c1ccc(S(=O)(=O)Nc2ccccc2F)cc1. The third kappa shape index (κ3) is 4.30. The summed E-state index contributed by atoms with van der Waals surface area (Å²) in [5, 5.41) is 11.5. The van der Waals surface area contributed by atoms with Gasteiger partial charge in [-0.25, -0.2) is 12.8 Å². The van der Waals surface area contributed by atoms with Gasteiger partial charge in [0.1, 0.15) is 5.82 Å². The summed E-state index contributed by atoms with van der Waals surface area (Å²) in [5.74, 6) is -1.11. The van der Waals surface area contributed by atoms with E-state index >= 15 is 0 Å². The van der Waals surface area contributed by atoms with Crippen molar-refractivity contribution in [2.45, 2.75) is 17.9 Å². The lowest BCUT2D eigenvalue weighted by atomic mass is 10.2. The first-order valence-electron chi connectivity index (χ1n) is 7.12. The van der Waals surface area contributed by atoms with E-state index in [9.17, 15) is 17.6 Å². The standard InChI is InChI=1S/C16H17FN2O4S/c1-11(10-20)18-16(21)12-6-8-13(9-7-12)24(22,23)19-15-5-3-2-4-14(15)17/h2-9,11,19-20H,10H2,1H3,(H,18,21). The molecule has 8 heteroatoms. The molecule has 128 valence electrons. The van der Waals surface area contributed by atoms with Crippen LogP contribution in [0, 0.1) is 5.82 Å². The maximum Gasteiger partial charge on any atom is 0.261 e. The summed E-state index contributed by atoms with van der Waals surface area (Å²) in [5.41, 5.74) is 0.0937. The van der Waals surface area contributed by atoms with E-state index in [2.05, 4.69) is 10.0 Å². The van der Waals surface area contributed by atoms with Crippen molar-refractivity contribution in [2.24, 2.45) is 0 Å². The highest BCUT2D eigenvalue weighted by Crippen LogP contribution is 2.19. The first-order valence-corrected chi connectivity index (χ1v) is 8.61. The highest BCUT2D eigenvalue weighted by Gasteiger charge is 2.17. The number of anilines is 1. The van der Waals surface area contributed by atoms with Crippen LogP contribution in [0.1, 0.15) is 17.3 Å². The molecule has 0 aliphatic heterocycles. The fourth-order valence-electron chi connectivity index (χ4n) is 1.89. The van der Waals surface area contributed by atoms with Crippen LogP contribution >= 0.6 is 0 Å². The lowest BCUT2D eigenvalue weighted by Gasteiger charge is -2.12. The van der Waals surface area contributed by atoms with Crippen LogP contribution in [0.15, 0.2) is 53.4 Å². The van der Waals surface area contributed by atoms with Gasteiger partial charge in [0.05, 0.1) is 17.2 Å². The molecule has 2 aromatic carbocycles. The second-order valence-electron chi connectivity index (χ2n) is 5.17. The molecule has 0 heterocycles. The fourth-order valence-corrected chi connectivity index (χ4v) is 2.95. The highest BCUT2D eigenvalue weighted by molar-refractivity contribution is 7.92. The van der Waals surface area contributed by atoms with Gasteiger partial charge >= 0.3 is 0 Å². The first kappa shape index (κ1) is 17.9. The third-order valence-corrected chi connectivity index (χ3v) is 4.58. The molecule has 1 unspecified atom stereocenters. The second kappa shape index (κ2) is 7.41. The smallest absolute Gasteiger partial charge is 0.261 e. The van der Waals surface area contributed by atoms with Crippen molar-refractivity contribution >= 4 is 21.6 Å². The monoisotopic (exact) mass is 352 g/mol. The summed E-state index contributed by atoms with van der Waals surface area (Å²) in [6, 6.07) is 10.2. The minimum atomic E-state index is -3.97. The maximum absolute atomic E-state index is 13.6. The van der Waals surface area contributed by atoms with Crippen LogP contribution in [-0.2, 0) is 10.0 Å². The van der Waals surface area contributed by atoms with E-state index in [4.69, 9.17) is 5.11 Å². The van der Waals surface area contributed by atoms with Crippen LogP contribution in [0.3, 0.4) is 0 Å². The Balaban J connectivity index is 2.17. The molecule has 3 N–H and O–H groups in total. The van der Waals surface area contributed by atoms with Gasteiger partial charge in [0.15, 0.2) is 0 Å². The Morgan fingerprint density at radius 1 is 1.17 bits per heavy atom. The molecule has 0 aliphatic rings. The van der Waals surface area contributed by atoms with Crippen molar-refractivity contribution in [3.05, 3.63) is 59.9 Å². The van der Waals surface area contributed by atoms with Crippen molar-refractivity contribution in [3.63, 3.8) is 0 Å². The van der Waals surface area contributed by atoms with Crippen LogP contribution in [0.5, 0.6) is 0 Å². The number of sulfonamides is 1. The summed E-state index contributed by atoms with van der Waals surface area (Å²) in [7, 11) is -3.97. The zero-order chi connectivity index (χ0) is 17.7. The van der Waals surface area contributed by atoms with Crippen LogP contribution < -0.4 is 10.0 Å². The molecule has 0 fully saturated rings. The van der Waals surface area contributed by atoms with Gasteiger partial charge in [-0.2, -0.15) is 0 Å². The molecule has 0 bridgehead atoms. The number of hydrogen-bond donors (Lipinski definition) is 3. The third-order valence-electron chi connectivity index (χ3n) is 3.20. The second-order valence-corrected chi connectivity index (χ2v) is 6.85. The Morgan fingerprint density at radius 2 is 1.79 bits per heavy atom. The van der Waals surface area contributed by atoms with Crippen molar-refractivity contribution in [1.82, 2.24) is 5.32 Å². The Labute approximate surface area is 139 Å². The Hall–Kier alpha value is -2.45. The van der Waals surface area contributed by atoms with Gasteiger partial charge in [-0.05, 0) is 43.3 Å². The molecular weight excluding hydrogens is 335 g/mol. The number of halogens is 1. The molecular formula is C16H17FN2O4S. The van der Waals surface area contributed by atoms with Crippen molar-refractivity contribution in [3.8, 4) is 0 Å². The molecule has 1 atom stereocenters. The molecule has 24 heavy (non-hydrogen) atoms. The molecule has 0 saturated carbocycles. The quantitative estimate of drug-likeness (QED) is 0.738. The highest BCUT2D eigenvalue weighted by atomic mass is 32.2. The van der Waals surface area contributed by atoms with E-state index in [1.165, 1.54) is 42.5 Å². The zero-order valence-electron chi connectivity index (χ0n) is 12.9. The fraction of sp³-hybridized carbons (Fsp3) is 0.188. The summed E-state index contributed by atoms with van der Waals surface area (Å²) in [4.78, 5) is 11.8. The maximum atomic E-state index is 13.6. The van der Waals surface area contributed by atoms with Crippen molar-refractivity contribution in [2.75, 3.05) is 11.3 Å². The largest absolute Gasteiger partial charge is 0.394 e. The van der Waals surface area contributed by atoms with Gasteiger partial charge in [-0.15, -0.1) is 0 Å². The molecule has 0 aromatic heterocycles. The molecule has 2 rings (SSSR count). The van der Waals surface area contributed by atoms with Gasteiger partial charge < -0.3 is 10.4 Å². The van der Waals surface area contributed by atoms with E-state index in [1.807, 2.05) is 0 Å². The van der Waals surface area contributed by atoms with Gasteiger partial charge in [0.2, 0.25) is 0 Å². The number of amides is 1. The van der Waals surface area contributed by atoms with E-state index in [1.54, 1.807) is 6.92 Å². The Kier molecular flexibility index (Phi) is 5.53. The number of carbonyl (C=O) groups is 1. The lowest BCUT2D eigenvalue weighted by Crippen LogP contribution is -2.34. The van der Waals surface area contributed by atoms with Crippen molar-refractivity contribution in [1.29, 1.82) is 0 Å². The predicted octanol–water partition coefficient (Wildman–Crippen LogP) is 1.74. The van der Waals surface area contributed by atoms with Crippen LogP contribution in [0.2, 0.25) is 0 Å². The number of carbonyl (C=O) groups excluding carboxylic acids is 1. The van der Waals surface area contributed by atoms with E-state index in [0.717, 1.165) is 6.07 Å². The lowest BCUT2D eigenvalue weighted by molar-refractivity contribution is 0.0922. The summed E-state index contributed by atoms with van der Waals surface area (Å²) in [6.45, 7) is 1.43. The topological polar surface area (TPSA) is 95.5 Å². The minimum Gasteiger partial charge on any atom is -0.394 e. The normalized spacial score (nSPS) is 12.5. The number of aliphatic hydroxyl groups is 1. The molecule has 0 spiro atoms. The number of para-hydroxylation sites is 1. The summed E-state index contributed by atoms with van der Waals surface area (Å²) in [6.07, 6.45) is 0. The van der Waals surface area contributed by atoms with Gasteiger partial charge in [-0.3, -0.25) is 9.52 Å². The average Bonchev–Trinajstić information content (AvgIpc) is 2.56. The zero-order valence-corrected chi connectivity index (χ0v) is 13.7. The number of hydrogen-bond acceptors (Lipinski definition) is 4. The van der Waals surface area contributed by atoms with Crippen LogP contribution in [0.25, 0.3) is 0 Å².